The van der Waals surface area contributed by atoms with Crippen LogP contribution in [0.25, 0.3) is 16.6 Å². The summed E-state index contributed by atoms with van der Waals surface area (Å²) in [4.78, 5) is 63.4. The average molecular weight is 729 g/mol. The normalized spacial score (nSPS) is 15.0. The highest BCUT2D eigenvalue weighted by molar-refractivity contribution is 6.13. The van der Waals surface area contributed by atoms with Gasteiger partial charge in [-0.05, 0) is 95.0 Å². The van der Waals surface area contributed by atoms with Gasteiger partial charge in [0, 0.05) is 78.6 Å². The maximum absolute atomic E-state index is 12.7. The Kier molecular flexibility index (Phi) is 12.9. The zero-order valence-corrected chi connectivity index (χ0v) is 30.8. The molecule has 53 heavy (non-hydrogen) atoms. The van der Waals surface area contributed by atoms with Gasteiger partial charge in [-0.1, -0.05) is 0 Å². The molecular weight excluding hydrogens is 680 g/mol. The van der Waals surface area contributed by atoms with Crippen molar-refractivity contribution in [1.82, 2.24) is 14.8 Å². The minimum atomic E-state index is -1.36. The topological polar surface area (TPSA) is 157 Å². The first kappa shape index (κ1) is 38.6. The zero-order valence-electron chi connectivity index (χ0n) is 30.8. The van der Waals surface area contributed by atoms with Gasteiger partial charge in [0.25, 0.3) is 11.8 Å². The number of hydrogen-bond acceptors (Lipinski definition) is 10. The number of ether oxygens (including phenoxy) is 3. The molecule has 0 atom stereocenters. The van der Waals surface area contributed by atoms with E-state index in [1.165, 1.54) is 18.4 Å². The second-order valence-corrected chi connectivity index (χ2v) is 13.3. The molecule has 3 heterocycles. The molecule has 2 aromatic carbocycles. The Bertz CT molecular complexity index is 1880. The molecule has 2 amide bonds. The molecule has 0 spiro atoms. The van der Waals surface area contributed by atoms with Gasteiger partial charge in [0.05, 0.1) is 26.3 Å². The van der Waals surface area contributed by atoms with E-state index in [0.717, 1.165) is 71.6 Å². The summed E-state index contributed by atoms with van der Waals surface area (Å²) in [6.07, 6.45) is 9.24. The molecule has 2 aliphatic rings. The van der Waals surface area contributed by atoms with Gasteiger partial charge in [0.2, 0.25) is 0 Å². The number of esters is 1. The number of carboxylic acids is 1. The van der Waals surface area contributed by atoms with Crippen molar-refractivity contribution in [3.63, 3.8) is 0 Å². The third kappa shape index (κ3) is 9.08. The minimum absolute atomic E-state index is 0.0113. The number of fused-ring (bicyclic) bond motifs is 1. The van der Waals surface area contributed by atoms with E-state index in [2.05, 4.69) is 39.0 Å². The van der Waals surface area contributed by atoms with Crippen LogP contribution in [0.3, 0.4) is 0 Å². The molecule has 1 aromatic heterocycles. The Morgan fingerprint density at radius 1 is 0.906 bits per heavy atom. The third-order valence-corrected chi connectivity index (χ3v) is 9.94. The maximum Gasteiger partial charge on any atom is 0.347 e. The molecule has 1 fully saturated rings. The van der Waals surface area contributed by atoms with Crippen LogP contribution in [0.4, 0.5) is 5.69 Å². The number of Topliss-reactive ketones (excluding diaryl/α,β-unsaturated/α-hetero) is 1. The van der Waals surface area contributed by atoms with Crippen LogP contribution in [0, 0.1) is 12.8 Å². The van der Waals surface area contributed by atoms with Crippen molar-refractivity contribution in [2.75, 3.05) is 51.9 Å². The summed E-state index contributed by atoms with van der Waals surface area (Å²) in [5.74, 6) is -1.22. The Labute approximate surface area is 309 Å². The number of unbranched alkanes of at least 4 members (excludes halogenated alkanes) is 2. The van der Waals surface area contributed by atoms with E-state index < -0.39 is 17.5 Å². The second-order valence-electron chi connectivity index (χ2n) is 13.3. The molecule has 2 aliphatic heterocycles. The van der Waals surface area contributed by atoms with Crippen molar-refractivity contribution < 1.29 is 43.3 Å². The van der Waals surface area contributed by atoms with Crippen LogP contribution in [-0.4, -0.2) is 91.1 Å². The molecule has 0 aliphatic carbocycles. The summed E-state index contributed by atoms with van der Waals surface area (Å²) in [6, 6.07) is 12.2. The summed E-state index contributed by atoms with van der Waals surface area (Å²) in [5.41, 5.74) is 4.03. The van der Waals surface area contributed by atoms with Gasteiger partial charge in [0.15, 0.2) is 22.9 Å². The van der Waals surface area contributed by atoms with E-state index in [0.29, 0.717) is 55.3 Å². The Morgan fingerprint density at radius 2 is 1.55 bits per heavy atom. The van der Waals surface area contributed by atoms with Crippen molar-refractivity contribution >= 4 is 46.1 Å². The molecule has 3 aromatic rings. The molecule has 5 rings (SSSR count). The number of rotatable bonds is 18. The Balaban J connectivity index is 1.05. The van der Waals surface area contributed by atoms with Crippen LogP contribution in [0.1, 0.15) is 67.9 Å². The summed E-state index contributed by atoms with van der Waals surface area (Å²) in [5, 5.41) is 13.3. The van der Waals surface area contributed by atoms with Crippen molar-refractivity contribution in [3.05, 3.63) is 71.6 Å². The molecule has 13 nitrogen and oxygen atoms in total. The lowest BCUT2D eigenvalue weighted by Gasteiger charge is -2.34. The van der Waals surface area contributed by atoms with E-state index >= 15 is 0 Å². The predicted molar refractivity (Wildman–Crippen MR) is 200 cm³/mol. The van der Waals surface area contributed by atoms with Gasteiger partial charge in [-0.3, -0.25) is 19.3 Å². The number of ketones is 1. The van der Waals surface area contributed by atoms with Gasteiger partial charge >= 0.3 is 11.9 Å². The highest BCUT2D eigenvalue weighted by Crippen LogP contribution is 2.38. The number of carbonyl (C=O) groups is 5. The molecular formula is C40H48N4O9. The summed E-state index contributed by atoms with van der Waals surface area (Å²) >= 11 is 0. The van der Waals surface area contributed by atoms with Gasteiger partial charge < -0.3 is 34.1 Å². The van der Waals surface area contributed by atoms with Gasteiger partial charge in [-0.2, -0.15) is 0 Å². The molecule has 282 valence electrons. The van der Waals surface area contributed by atoms with Crippen LogP contribution >= 0.6 is 0 Å². The van der Waals surface area contributed by atoms with E-state index in [1.54, 1.807) is 21.1 Å². The molecule has 1 saturated heterocycles. The fourth-order valence-electron chi connectivity index (χ4n) is 7.13. The van der Waals surface area contributed by atoms with Gasteiger partial charge in [0.1, 0.15) is 0 Å². The minimum Gasteiger partial charge on any atom is -0.493 e. The number of nitrogens with one attached hydrogen (secondary N) is 1. The number of nitrogens with zero attached hydrogens (tertiary/aromatic N) is 3. The number of carbonyl (C=O) groups excluding carboxylic acids is 4. The lowest BCUT2D eigenvalue weighted by atomic mass is 9.92. The third-order valence-electron chi connectivity index (χ3n) is 9.94. The number of imide groups is 1. The van der Waals surface area contributed by atoms with Crippen LogP contribution in [0.5, 0.6) is 11.5 Å². The molecule has 0 unspecified atom stereocenters. The number of aliphatic carboxylic acids is 1. The van der Waals surface area contributed by atoms with Gasteiger partial charge in [-0.15, -0.1) is 0 Å². The van der Waals surface area contributed by atoms with Crippen molar-refractivity contribution in [3.8, 4) is 17.2 Å². The molecule has 2 N–H and O–H groups in total. The zero-order chi connectivity index (χ0) is 38.1. The fourth-order valence-corrected chi connectivity index (χ4v) is 7.13. The van der Waals surface area contributed by atoms with Gasteiger partial charge in [-0.25, -0.2) is 9.59 Å². The fraction of sp³-hybridized carbons (Fsp3) is 0.425. The van der Waals surface area contributed by atoms with Crippen LogP contribution in [0.2, 0.25) is 0 Å². The highest BCUT2D eigenvalue weighted by atomic mass is 16.5. The van der Waals surface area contributed by atoms with E-state index in [1.807, 2.05) is 19.1 Å². The van der Waals surface area contributed by atoms with Crippen LogP contribution < -0.4 is 19.7 Å². The van der Waals surface area contributed by atoms with E-state index in [4.69, 9.17) is 14.2 Å². The first-order valence-corrected chi connectivity index (χ1v) is 18.0. The van der Waals surface area contributed by atoms with E-state index in [9.17, 15) is 29.1 Å². The predicted octanol–water partition coefficient (Wildman–Crippen LogP) is 5.35. The lowest BCUT2D eigenvalue weighted by Crippen LogP contribution is -2.33. The van der Waals surface area contributed by atoms with Crippen molar-refractivity contribution in [2.24, 2.45) is 5.92 Å². The van der Waals surface area contributed by atoms with Crippen molar-refractivity contribution in [2.45, 2.75) is 58.8 Å². The molecule has 0 radical (unpaired) electrons. The summed E-state index contributed by atoms with van der Waals surface area (Å²) < 4.78 is 18.3. The smallest absolute Gasteiger partial charge is 0.347 e. The summed E-state index contributed by atoms with van der Waals surface area (Å²) in [7, 11) is 3.18. The Morgan fingerprint density at radius 3 is 2.17 bits per heavy atom. The molecule has 0 saturated carbocycles. The number of anilines is 1. The summed E-state index contributed by atoms with van der Waals surface area (Å²) in [6.45, 7) is 6.26. The number of hydrogen-bond donors (Lipinski definition) is 2. The molecule has 0 bridgehead atoms. The number of aromatic nitrogens is 1. The maximum atomic E-state index is 12.7. The number of amides is 2. The number of benzene rings is 2. The monoisotopic (exact) mass is 728 g/mol. The highest BCUT2D eigenvalue weighted by Gasteiger charge is 2.24. The first-order chi connectivity index (χ1) is 25.5. The number of methoxy groups -OCH3 is 2. The first-order valence-electron chi connectivity index (χ1n) is 18.0. The molecule has 13 heteroatoms. The second kappa shape index (κ2) is 17.8. The number of piperidine rings is 1. The quantitative estimate of drug-likeness (QED) is 0.0331. The SMILES string of the molecule is COc1cc2c(C(C)=O)c(C)n(-c3ccc(N4CCC(CCCN/C=C(/C(=O)O)C(=O)OCCCCCN5C(=O)C=CC5=O)CC4)cc3)c2cc1OC. The number of carboxylic acid groups (broad SMARTS) is 1. The standard InChI is InChI=1S/C40H48N4O9/c1-26-38(27(2)45)31-23-34(51-3)35(52-4)24-33(31)44(26)30-12-10-29(11-13-30)42-20-16-28(17-21-42)9-8-18-41-25-32(39(48)49)40(50)53-22-7-5-6-19-43-36(46)14-15-37(43)47/h10-15,23-25,28,41H,5-9,16-22H2,1-4H3,(H,48,49)/b32-25-. The Hall–Kier alpha value is -5.59. The largest absolute Gasteiger partial charge is 0.493 e. The lowest BCUT2D eigenvalue weighted by molar-refractivity contribution is -0.144. The average Bonchev–Trinajstić information content (AvgIpc) is 3.63. The van der Waals surface area contributed by atoms with Crippen LogP contribution in [0.15, 0.2) is 60.3 Å². The van der Waals surface area contributed by atoms with Crippen LogP contribution in [-0.2, 0) is 23.9 Å². The van der Waals surface area contributed by atoms with Crippen molar-refractivity contribution in [1.29, 1.82) is 0 Å². The van der Waals surface area contributed by atoms with E-state index in [-0.39, 0.29) is 24.2 Å².